The van der Waals surface area contributed by atoms with E-state index in [9.17, 15) is 9.18 Å². The van der Waals surface area contributed by atoms with Gasteiger partial charge >= 0.3 is 0 Å². The molecular formula is C16H19FN4O. The van der Waals surface area contributed by atoms with Crippen LogP contribution in [0.3, 0.4) is 0 Å². The van der Waals surface area contributed by atoms with Crippen LogP contribution in [0, 0.1) is 5.82 Å². The zero-order valence-corrected chi connectivity index (χ0v) is 12.7. The average molecular weight is 302 g/mol. The molecule has 0 saturated heterocycles. The van der Waals surface area contributed by atoms with Gasteiger partial charge in [-0.3, -0.25) is 4.79 Å². The third-order valence-corrected chi connectivity index (χ3v) is 3.17. The summed E-state index contributed by atoms with van der Waals surface area (Å²) in [5.41, 5.74) is 0.988. The number of halogens is 1. The van der Waals surface area contributed by atoms with Gasteiger partial charge in [-0.2, -0.15) is 0 Å². The van der Waals surface area contributed by atoms with Gasteiger partial charge in [0.15, 0.2) is 0 Å². The Labute approximate surface area is 129 Å². The highest BCUT2D eigenvalue weighted by Gasteiger charge is 2.12. The highest BCUT2D eigenvalue weighted by atomic mass is 19.1. The predicted molar refractivity (Wildman–Crippen MR) is 83.6 cm³/mol. The van der Waals surface area contributed by atoms with E-state index in [0.29, 0.717) is 23.7 Å². The lowest BCUT2D eigenvalue weighted by Gasteiger charge is -2.16. The van der Waals surface area contributed by atoms with E-state index in [1.54, 1.807) is 24.1 Å². The second kappa shape index (κ2) is 7.49. The summed E-state index contributed by atoms with van der Waals surface area (Å²) in [7, 11) is 1.76. The van der Waals surface area contributed by atoms with E-state index in [1.807, 2.05) is 0 Å². The van der Waals surface area contributed by atoms with Gasteiger partial charge in [0, 0.05) is 31.7 Å². The van der Waals surface area contributed by atoms with Crippen molar-refractivity contribution in [2.45, 2.75) is 19.8 Å². The maximum Gasteiger partial charge on any atom is 0.256 e. The molecule has 5 nitrogen and oxygen atoms in total. The minimum absolute atomic E-state index is 0.106. The van der Waals surface area contributed by atoms with Crippen LogP contribution < -0.4 is 5.32 Å². The number of carbonyl (C=O) groups is 1. The first kappa shape index (κ1) is 15.9. The van der Waals surface area contributed by atoms with E-state index in [2.05, 4.69) is 22.2 Å². The molecule has 0 unspecified atom stereocenters. The van der Waals surface area contributed by atoms with Crippen molar-refractivity contribution >= 4 is 17.5 Å². The third kappa shape index (κ3) is 4.25. The van der Waals surface area contributed by atoms with Crippen molar-refractivity contribution in [1.29, 1.82) is 0 Å². The number of hydrogen-bond acceptors (Lipinski definition) is 4. The largest absolute Gasteiger partial charge is 0.342 e. The number of rotatable bonds is 6. The summed E-state index contributed by atoms with van der Waals surface area (Å²) in [5.74, 6) is -0.126. The van der Waals surface area contributed by atoms with Crippen LogP contribution in [0.15, 0.2) is 36.7 Å². The summed E-state index contributed by atoms with van der Waals surface area (Å²) in [6, 6.07) is 6.02. The normalized spacial score (nSPS) is 10.3. The first-order valence-electron chi connectivity index (χ1n) is 7.20. The first-order valence-corrected chi connectivity index (χ1v) is 7.20. The van der Waals surface area contributed by atoms with Crippen LogP contribution in [-0.2, 0) is 0 Å². The summed E-state index contributed by atoms with van der Waals surface area (Å²) in [5, 5.41) is 2.89. The van der Waals surface area contributed by atoms with Crippen molar-refractivity contribution in [2.75, 3.05) is 18.9 Å². The summed E-state index contributed by atoms with van der Waals surface area (Å²) in [6.45, 7) is 2.78. The Morgan fingerprint density at radius 1 is 1.32 bits per heavy atom. The Bertz CT molecular complexity index is 630. The van der Waals surface area contributed by atoms with Gasteiger partial charge in [-0.1, -0.05) is 19.4 Å². The molecular weight excluding hydrogens is 283 g/mol. The van der Waals surface area contributed by atoms with E-state index in [1.165, 1.54) is 24.5 Å². The van der Waals surface area contributed by atoms with Gasteiger partial charge in [-0.05, 0) is 24.6 Å². The molecule has 0 fully saturated rings. The van der Waals surface area contributed by atoms with Gasteiger partial charge in [-0.25, -0.2) is 14.4 Å². The molecule has 1 aromatic heterocycles. The fourth-order valence-electron chi connectivity index (χ4n) is 1.92. The van der Waals surface area contributed by atoms with Crippen molar-refractivity contribution in [3.05, 3.63) is 48.0 Å². The molecule has 116 valence electrons. The van der Waals surface area contributed by atoms with Crippen LogP contribution in [0.25, 0.3) is 0 Å². The lowest BCUT2D eigenvalue weighted by atomic mass is 10.2. The van der Waals surface area contributed by atoms with Crippen molar-refractivity contribution < 1.29 is 9.18 Å². The van der Waals surface area contributed by atoms with Crippen LogP contribution in [-0.4, -0.2) is 34.4 Å². The van der Waals surface area contributed by atoms with Gasteiger partial charge < -0.3 is 10.2 Å². The molecule has 0 aliphatic heterocycles. The highest BCUT2D eigenvalue weighted by molar-refractivity contribution is 5.93. The molecule has 1 N–H and O–H groups in total. The second-order valence-electron chi connectivity index (χ2n) is 5.01. The molecule has 0 saturated carbocycles. The Morgan fingerprint density at radius 3 is 2.68 bits per heavy atom. The fraction of sp³-hybridized carbons (Fsp3) is 0.312. The summed E-state index contributed by atoms with van der Waals surface area (Å²) < 4.78 is 13.1. The lowest BCUT2D eigenvalue weighted by Crippen LogP contribution is -2.27. The molecule has 0 aliphatic carbocycles. The number of nitrogens with one attached hydrogen (secondary N) is 1. The number of aromatic nitrogens is 2. The standard InChI is InChI=1S/C16H19FN4O/c1-3-4-8-21(2)15(22)12-10-18-16(19-11-12)20-14-7-5-6-13(17)9-14/h5-7,9-11H,3-4,8H2,1-2H3,(H,18,19,20). The van der Waals surface area contributed by atoms with Crippen LogP contribution in [0.5, 0.6) is 0 Å². The Morgan fingerprint density at radius 2 is 2.05 bits per heavy atom. The van der Waals surface area contributed by atoms with Gasteiger partial charge in [0.05, 0.1) is 5.56 Å². The SMILES string of the molecule is CCCCN(C)C(=O)c1cnc(Nc2cccc(F)c2)nc1. The smallest absolute Gasteiger partial charge is 0.256 e. The molecule has 0 aliphatic rings. The molecule has 0 spiro atoms. The summed E-state index contributed by atoms with van der Waals surface area (Å²) >= 11 is 0. The van der Waals surface area contributed by atoms with E-state index in [0.717, 1.165) is 12.8 Å². The Kier molecular flexibility index (Phi) is 5.41. The molecule has 0 atom stereocenters. The van der Waals surface area contributed by atoms with Crippen molar-refractivity contribution in [1.82, 2.24) is 14.9 Å². The van der Waals surface area contributed by atoms with Gasteiger partial charge in [0.25, 0.3) is 5.91 Å². The molecule has 22 heavy (non-hydrogen) atoms. The van der Waals surface area contributed by atoms with Crippen LogP contribution in [0.1, 0.15) is 30.1 Å². The zero-order chi connectivity index (χ0) is 15.9. The summed E-state index contributed by atoms with van der Waals surface area (Å²) in [6.07, 6.45) is 4.94. The van der Waals surface area contributed by atoms with Crippen LogP contribution in [0.4, 0.5) is 16.0 Å². The molecule has 1 aromatic carbocycles. The molecule has 1 amide bonds. The number of anilines is 2. The molecule has 1 heterocycles. The van der Waals surface area contributed by atoms with Crippen molar-refractivity contribution in [3.8, 4) is 0 Å². The van der Waals surface area contributed by atoms with Gasteiger partial charge in [0.2, 0.25) is 5.95 Å². The second-order valence-corrected chi connectivity index (χ2v) is 5.01. The van der Waals surface area contributed by atoms with E-state index >= 15 is 0 Å². The number of amides is 1. The van der Waals surface area contributed by atoms with Gasteiger partial charge in [0.1, 0.15) is 5.82 Å². The molecule has 0 radical (unpaired) electrons. The fourth-order valence-corrected chi connectivity index (χ4v) is 1.92. The predicted octanol–water partition coefficient (Wildman–Crippen LogP) is 3.23. The quantitative estimate of drug-likeness (QED) is 0.890. The first-order chi connectivity index (χ1) is 10.6. The third-order valence-electron chi connectivity index (χ3n) is 3.17. The number of unbranched alkanes of at least 4 members (excludes halogenated alkanes) is 1. The van der Waals surface area contributed by atoms with Crippen LogP contribution in [0.2, 0.25) is 0 Å². The number of carbonyl (C=O) groups excluding carboxylic acids is 1. The molecule has 2 rings (SSSR count). The maximum absolute atomic E-state index is 13.1. The Balaban J connectivity index is 2.02. The monoisotopic (exact) mass is 302 g/mol. The minimum Gasteiger partial charge on any atom is -0.342 e. The van der Waals surface area contributed by atoms with Crippen molar-refractivity contribution in [3.63, 3.8) is 0 Å². The maximum atomic E-state index is 13.1. The highest BCUT2D eigenvalue weighted by Crippen LogP contribution is 2.14. The Hall–Kier alpha value is -2.50. The molecule has 2 aromatic rings. The van der Waals surface area contributed by atoms with Crippen molar-refractivity contribution in [2.24, 2.45) is 0 Å². The average Bonchev–Trinajstić information content (AvgIpc) is 2.52. The van der Waals surface area contributed by atoms with E-state index < -0.39 is 0 Å². The van der Waals surface area contributed by atoms with E-state index in [-0.39, 0.29) is 11.7 Å². The number of nitrogens with zero attached hydrogens (tertiary/aromatic N) is 3. The lowest BCUT2D eigenvalue weighted by molar-refractivity contribution is 0.0792. The zero-order valence-electron chi connectivity index (χ0n) is 12.7. The minimum atomic E-state index is -0.339. The topological polar surface area (TPSA) is 58.1 Å². The number of hydrogen-bond donors (Lipinski definition) is 1. The summed E-state index contributed by atoms with van der Waals surface area (Å²) in [4.78, 5) is 22.0. The molecule has 6 heteroatoms. The molecule has 0 bridgehead atoms. The van der Waals surface area contributed by atoms with Gasteiger partial charge in [-0.15, -0.1) is 0 Å². The number of benzene rings is 1. The van der Waals surface area contributed by atoms with Crippen LogP contribution >= 0.6 is 0 Å². The van der Waals surface area contributed by atoms with E-state index in [4.69, 9.17) is 0 Å².